The van der Waals surface area contributed by atoms with Crippen LogP contribution in [0.2, 0.25) is 0 Å². The Morgan fingerprint density at radius 1 is 1.11 bits per heavy atom. The predicted molar refractivity (Wildman–Crippen MR) is 114 cm³/mol. The number of amides is 1. The SMILES string of the molecule is CCCC[C@H]1S/C(=N\N=C/c2ccc(C)cc2)N(Cc2ccccc2)C1=O. The minimum absolute atomic E-state index is 0.0537. The maximum atomic E-state index is 12.9. The van der Waals surface area contributed by atoms with Gasteiger partial charge in [0.1, 0.15) is 0 Å². The minimum atomic E-state index is -0.0537. The van der Waals surface area contributed by atoms with Gasteiger partial charge in [-0.3, -0.25) is 9.69 Å². The van der Waals surface area contributed by atoms with Crippen molar-refractivity contribution in [2.45, 2.75) is 44.9 Å². The highest BCUT2D eigenvalue weighted by Gasteiger charge is 2.37. The van der Waals surface area contributed by atoms with Gasteiger partial charge in [-0.2, -0.15) is 5.10 Å². The number of benzene rings is 2. The molecule has 4 nitrogen and oxygen atoms in total. The Kier molecular flexibility index (Phi) is 6.82. The lowest BCUT2D eigenvalue weighted by atomic mass is 10.1. The molecule has 0 saturated carbocycles. The van der Waals surface area contributed by atoms with Crippen LogP contribution in [0.4, 0.5) is 0 Å². The molecule has 0 radical (unpaired) electrons. The van der Waals surface area contributed by atoms with Crippen molar-refractivity contribution in [3.8, 4) is 0 Å². The molecule has 0 spiro atoms. The number of carbonyl (C=O) groups excluding carboxylic acids is 1. The second-order valence-corrected chi connectivity index (χ2v) is 7.87. The Morgan fingerprint density at radius 2 is 1.85 bits per heavy atom. The summed E-state index contributed by atoms with van der Waals surface area (Å²) in [4.78, 5) is 14.6. The topological polar surface area (TPSA) is 45.0 Å². The molecule has 0 aromatic heterocycles. The molecule has 1 atom stereocenters. The molecule has 0 bridgehead atoms. The zero-order valence-corrected chi connectivity index (χ0v) is 16.7. The Morgan fingerprint density at radius 3 is 2.56 bits per heavy atom. The van der Waals surface area contributed by atoms with Crippen LogP contribution in [-0.2, 0) is 11.3 Å². The third-order valence-electron chi connectivity index (χ3n) is 4.45. The lowest BCUT2D eigenvalue weighted by Crippen LogP contribution is -2.31. The summed E-state index contributed by atoms with van der Waals surface area (Å²) < 4.78 is 0. The van der Waals surface area contributed by atoms with E-state index in [2.05, 4.69) is 24.1 Å². The fourth-order valence-electron chi connectivity index (χ4n) is 2.87. The van der Waals surface area contributed by atoms with Crippen LogP contribution in [0.1, 0.15) is 42.9 Å². The number of hydrogen-bond acceptors (Lipinski definition) is 4. The highest BCUT2D eigenvalue weighted by molar-refractivity contribution is 8.15. The van der Waals surface area contributed by atoms with Gasteiger partial charge in [0, 0.05) is 0 Å². The van der Waals surface area contributed by atoms with E-state index in [9.17, 15) is 4.79 Å². The Hall–Kier alpha value is -2.40. The molecular formula is C22H25N3OS. The van der Waals surface area contributed by atoms with Gasteiger partial charge < -0.3 is 0 Å². The van der Waals surface area contributed by atoms with Crippen LogP contribution in [0.15, 0.2) is 64.8 Å². The van der Waals surface area contributed by atoms with Crippen molar-refractivity contribution in [3.63, 3.8) is 0 Å². The van der Waals surface area contributed by atoms with E-state index in [0.717, 1.165) is 30.4 Å². The van der Waals surface area contributed by atoms with Gasteiger partial charge in [-0.1, -0.05) is 91.7 Å². The van der Waals surface area contributed by atoms with Gasteiger partial charge in [-0.15, -0.1) is 5.10 Å². The minimum Gasteiger partial charge on any atom is -0.284 e. The number of unbranched alkanes of at least 4 members (excludes halogenated alkanes) is 1. The number of carbonyl (C=O) groups is 1. The quantitative estimate of drug-likeness (QED) is 0.501. The largest absolute Gasteiger partial charge is 0.284 e. The van der Waals surface area contributed by atoms with Crippen LogP contribution in [-0.4, -0.2) is 27.4 Å². The number of thioether (sulfide) groups is 1. The Bertz CT molecular complexity index is 815. The zero-order chi connectivity index (χ0) is 19.1. The van der Waals surface area contributed by atoms with Crippen LogP contribution < -0.4 is 0 Å². The lowest BCUT2D eigenvalue weighted by molar-refractivity contribution is -0.126. The van der Waals surface area contributed by atoms with Gasteiger partial charge in [0.2, 0.25) is 5.91 Å². The molecule has 2 aromatic carbocycles. The molecule has 5 heteroatoms. The average molecular weight is 380 g/mol. The molecular weight excluding hydrogens is 354 g/mol. The summed E-state index contributed by atoms with van der Waals surface area (Å²) in [5.74, 6) is 0.140. The molecule has 1 fully saturated rings. The first-order chi connectivity index (χ1) is 13.2. The smallest absolute Gasteiger partial charge is 0.242 e. The van der Waals surface area contributed by atoms with E-state index in [1.165, 1.54) is 17.3 Å². The molecule has 140 valence electrons. The van der Waals surface area contributed by atoms with Gasteiger partial charge in [-0.05, 0) is 24.5 Å². The first-order valence-electron chi connectivity index (χ1n) is 9.37. The molecule has 1 amide bonds. The van der Waals surface area contributed by atoms with E-state index in [-0.39, 0.29) is 11.2 Å². The third kappa shape index (κ3) is 5.30. The van der Waals surface area contributed by atoms with Crippen molar-refractivity contribution in [2.75, 3.05) is 0 Å². The first kappa shape index (κ1) is 19.4. The molecule has 1 aliphatic rings. The molecule has 3 rings (SSSR count). The molecule has 1 heterocycles. The summed E-state index contributed by atoms with van der Waals surface area (Å²) in [6.45, 7) is 4.74. The normalized spacial score (nSPS) is 18.7. The standard InChI is InChI=1S/C22H25N3OS/c1-3-4-10-20-21(26)25(16-19-8-6-5-7-9-19)22(27-20)24-23-15-18-13-11-17(2)12-14-18/h5-9,11-15,20H,3-4,10,16H2,1-2H3/b23-15-,24-22-/t20-/m1/s1. The number of hydrogen-bond donors (Lipinski definition) is 0. The van der Waals surface area contributed by atoms with E-state index in [1.54, 1.807) is 11.1 Å². The molecule has 0 unspecified atom stereocenters. The van der Waals surface area contributed by atoms with Crippen LogP contribution >= 0.6 is 11.8 Å². The highest BCUT2D eigenvalue weighted by Crippen LogP contribution is 2.32. The van der Waals surface area contributed by atoms with Crippen LogP contribution in [0.5, 0.6) is 0 Å². The first-order valence-corrected chi connectivity index (χ1v) is 10.2. The molecule has 1 saturated heterocycles. The van der Waals surface area contributed by atoms with E-state index >= 15 is 0 Å². The van der Waals surface area contributed by atoms with Gasteiger partial charge in [-0.25, -0.2) is 0 Å². The van der Waals surface area contributed by atoms with Crippen molar-refractivity contribution in [1.82, 2.24) is 4.90 Å². The molecule has 0 N–H and O–H groups in total. The van der Waals surface area contributed by atoms with Gasteiger partial charge >= 0.3 is 0 Å². The van der Waals surface area contributed by atoms with Crippen molar-refractivity contribution >= 4 is 29.1 Å². The van der Waals surface area contributed by atoms with E-state index in [0.29, 0.717) is 11.7 Å². The fraction of sp³-hybridized carbons (Fsp3) is 0.318. The van der Waals surface area contributed by atoms with Gasteiger partial charge in [0.25, 0.3) is 0 Å². The number of nitrogens with zero attached hydrogens (tertiary/aromatic N) is 3. The Labute approximate surface area is 165 Å². The summed E-state index contributed by atoms with van der Waals surface area (Å²) in [5.41, 5.74) is 3.30. The maximum absolute atomic E-state index is 12.9. The second kappa shape index (κ2) is 9.51. The second-order valence-electron chi connectivity index (χ2n) is 6.70. The van der Waals surface area contributed by atoms with Crippen molar-refractivity contribution in [1.29, 1.82) is 0 Å². The summed E-state index contributed by atoms with van der Waals surface area (Å²) in [6.07, 6.45) is 4.74. The molecule has 2 aromatic rings. The highest BCUT2D eigenvalue weighted by atomic mass is 32.2. The average Bonchev–Trinajstić information content (AvgIpc) is 2.98. The van der Waals surface area contributed by atoms with Crippen molar-refractivity contribution < 1.29 is 4.79 Å². The van der Waals surface area contributed by atoms with Crippen molar-refractivity contribution in [2.24, 2.45) is 10.2 Å². The molecule has 0 aliphatic carbocycles. The van der Waals surface area contributed by atoms with Crippen LogP contribution in [0, 0.1) is 6.92 Å². The molecule has 1 aliphatic heterocycles. The van der Waals surface area contributed by atoms with E-state index in [1.807, 2.05) is 54.6 Å². The molecule has 27 heavy (non-hydrogen) atoms. The Balaban J connectivity index is 1.77. The summed E-state index contributed by atoms with van der Waals surface area (Å²) >= 11 is 1.54. The van der Waals surface area contributed by atoms with Gasteiger partial charge in [0.15, 0.2) is 5.17 Å². The summed E-state index contributed by atoms with van der Waals surface area (Å²) in [7, 11) is 0. The summed E-state index contributed by atoms with van der Waals surface area (Å²) in [6, 6.07) is 18.1. The predicted octanol–water partition coefficient (Wildman–Crippen LogP) is 5.02. The summed E-state index contributed by atoms with van der Waals surface area (Å²) in [5, 5.41) is 9.26. The monoisotopic (exact) mass is 379 g/mol. The third-order valence-corrected chi connectivity index (χ3v) is 5.69. The van der Waals surface area contributed by atoms with E-state index < -0.39 is 0 Å². The number of aryl methyl sites for hydroxylation is 1. The fourth-order valence-corrected chi connectivity index (χ4v) is 4.01. The van der Waals surface area contributed by atoms with Crippen molar-refractivity contribution in [3.05, 3.63) is 71.3 Å². The van der Waals surface area contributed by atoms with Gasteiger partial charge in [0.05, 0.1) is 18.0 Å². The lowest BCUT2D eigenvalue weighted by Gasteiger charge is -2.15. The number of rotatable bonds is 7. The van der Waals surface area contributed by atoms with Crippen LogP contribution in [0.25, 0.3) is 0 Å². The number of amidine groups is 1. The maximum Gasteiger partial charge on any atom is 0.242 e. The van der Waals surface area contributed by atoms with Crippen LogP contribution in [0.3, 0.4) is 0 Å². The zero-order valence-electron chi connectivity index (χ0n) is 15.8. The van der Waals surface area contributed by atoms with E-state index in [4.69, 9.17) is 0 Å².